The van der Waals surface area contributed by atoms with Crippen molar-refractivity contribution in [1.29, 1.82) is 0 Å². The molecule has 2 aliphatic rings. The van der Waals surface area contributed by atoms with Crippen LogP contribution in [0.3, 0.4) is 0 Å². The van der Waals surface area contributed by atoms with Crippen LogP contribution in [0.2, 0.25) is 0 Å². The lowest BCUT2D eigenvalue weighted by Gasteiger charge is -2.23. The monoisotopic (exact) mass is 218 g/mol. The SMILES string of the molecule is COc1ccccc1O[C@H]1C[C@@H]2CC[C@@H]1C2. The Kier molecular flexibility index (Phi) is 2.50. The maximum absolute atomic E-state index is 6.11. The molecule has 3 rings (SSSR count). The minimum absolute atomic E-state index is 0.426. The van der Waals surface area contributed by atoms with E-state index >= 15 is 0 Å². The number of para-hydroxylation sites is 2. The Balaban J connectivity index is 1.74. The van der Waals surface area contributed by atoms with Crippen molar-refractivity contribution in [2.24, 2.45) is 11.8 Å². The van der Waals surface area contributed by atoms with Gasteiger partial charge in [0.05, 0.1) is 7.11 Å². The standard InChI is InChI=1S/C14H18O2/c1-15-12-4-2-3-5-13(12)16-14-9-10-6-7-11(14)8-10/h2-5,10-11,14H,6-9H2,1H3/t10-,11-,14+/m1/s1. The maximum Gasteiger partial charge on any atom is 0.161 e. The molecule has 0 heterocycles. The number of ether oxygens (including phenoxy) is 2. The zero-order valence-electron chi connectivity index (χ0n) is 9.69. The van der Waals surface area contributed by atoms with Gasteiger partial charge in [-0.1, -0.05) is 12.1 Å². The van der Waals surface area contributed by atoms with E-state index in [1.165, 1.54) is 25.7 Å². The Morgan fingerprint density at radius 3 is 2.50 bits per heavy atom. The van der Waals surface area contributed by atoms with Crippen LogP contribution in [0.4, 0.5) is 0 Å². The highest BCUT2D eigenvalue weighted by Crippen LogP contribution is 2.46. The van der Waals surface area contributed by atoms with E-state index in [-0.39, 0.29) is 0 Å². The second-order valence-electron chi connectivity index (χ2n) is 4.98. The fraction of sp³-hybridized carbons (Fsp3) is 0.571. The summed E-state index contributed by atoms with van der Waals surface area (Å²) in [5, 5.41) is 0. The first-order chi connectivity index (χ1) is 7.86. The third kappa shape index (κ3) is 1.66. The molecule has 1 aromatic rings. The number of hydrogen-bond acceptors (Lipinski definition) is 2. The maximum atomic E-state index is 6.11. The molecule has 0 unspecified atom stereocenters. The second kappa shape index (κ2) is 4.00. The van der Waals surface area contributed by atoms with Gasteiger partial charge in [0.1, 0.15) is 6.10 Å². The van der Waals surface area contributed by atoms with Crippen molar-refractivity contribution in [3.05, 3.63) is 24.3 Å². The molecule has 86 valence electrons. The summed E-state index contributed by atoms with van der Waals surface area (Å²) in [6.07, 6.45) is 5.80. The van der Waals surface area contributed by atoms with Crippen LogP contribution in [0, 0.1) is 11.8 Å². The predicted octanol–water partition coefficient (Wildman–Crippen LogP) is 3.26. The minimum atomic E-state index is 0.426. The fourth-order valence-electron chi connectivity index (χ4n) is 3.21. The fourth-order valence-corrected chi connectivity index (χ4v) is 3.21. The Morgan fingerprint density at radius 2 is 1.88 bits per heavy atom. The third-order valence-electron chi connectivity index (χ3n) is 4.02. The van der Waals surface area contributed by atoms with Gasteiger partial charge in [-0.3, -0.25) is 0 Å². The largest absolute Gasteiger partial charge is 0.493 e. The number of benzene rings is 1. The first kappa shape index (κ1) is 10.0. The summed E-state index contributed by atoms with van der Waals surface area (Å²) in [4.78, 5) is 0. The average molecular weight is 218 g/mol. The van der Waals surface area contributed by atoms with Gasteiger partial charge in [-0.25, -0.2) is 0 Å². The summed E-state index contributed by atoms with van der Waals surface area (Å²) in [7, 11) is 1.70. The van der Waals surface area contributed by atoms with Gasteiger partial charge in [-0.05, 0) is 49.7 Å². The normalized spacial score (nSPS) is 31.7. The number of hydrogen-bond donors (Lipinski definition) is 0. The number of rotatable bonds is 3. The van der Waals surface area contributed by atoms with Gasteiger partial charge in [-0.15, -0.1) is 0 Å². The highest BCUT2D eigenvalue weighted by Gasteiger charge is 2.41. The first-order valence-corrected chi connectivity index (χ1v) is 6.16. The van der Waals surface area contributed by atoms with Gasteiger partial charge >= 0.3 is 0 Å². The highest BCUT2D eigenvalue weighted by molar-refractivity contribution is 5.39. The molecule has 2 aliphatic carbocycles. The van der Waals surface area contributed by atoms with E-state index < -0.39 is 0 Å². The van der Waals surface area contributed by atoms with E-state index in [9.17, 15) is 0 Å². The summed E-state index contributed by atoms with van der Waals surface area (Å²) < 4.78 is 11.4. The minimum Gasteiger partial charge on any atom is -0.493 e. The smallest absolute Gasteiger partial charge is 0.161 e. The molecule has 0 saturated heterocycles. The topological polar surface area (TPSA) is 18.5 Å². The molecule has 16 heavy (non-hydrogen) atoms. The van der Waals surface area contributed by atoms with Crippen molar-refractivity contribution in [2.75, 3.05) is 7.11 Å². The van der Waals surface area contributed by atoms with Crippen LogP contribution < -0.4 is 9.47 Å². The average Bonchev–Trinajstić information content (AvgIpc) is 2.92. The first-order valence-electron chi connectivity index (χ1n) is 6.16. The molecule has 0 aliphatic heterocycles. The molecule has 2 fully saturated rings. The molecular weight excluding hydrogens is 200 g/mol. The molecule has 0 amide bonds. The zero-order valence-corrected chi connectivity index (χ0v) is 9.69. The van der Waals surface area contributed by atoms with Crippen LogP contribution >= 0.6 is 0 Å². The summed E-state index contributed by atoms with van der Waals surface area (Å²) in [5.41, 5.74) is 0. The van der Waals surface area contributed by atoms with E-state index in [0.29, 0.717) is 6.10 Å². The van der Waals surface area contributed by atoms with Crippen LogP contribution in [0.5, 0.6) is 11.5 Å². The van der Waals surface area contributed by atoms with Crippen molar-refractivity contribution in [3.8, 4) is 11.5 Å². The van der Waals surface area contributed by atoms with Crippen LogP contribution in [0.25, 0.3) is 0 Å². The predicted molar refractivity (Wildman–Crippen MR) is 62.9 cm³/mol. The lowest BCUT2D eigenvalue weighted by Crippen LogP contribution is -2.23. The molecule has 2 bridgehead atoms. The molecule has 0 aromatic heterocycles. The van der Waals surface area contributed by atoms with Crippen LogP contribution in [-0.4, -0.2) is 13.2 Å². The van der Waals surface area contributed by atoms with Crippen LogP contribution in [0.1, 0.15) is 25.7 Å². The van der Waals surface area contributed by atoms with E-state index in [1.807, 2.05) is 24.3 Å². The molecule has 1 aromatic carbocycles. The van der Waals surface area contributed by atoms with Crippen LogP contribution in [-0.2, 0) is 0 Å². The Morgan fingerprint density at radius 1 is 1.06 bits per heavy atom. The molecular formula is C14H18O2. The molecule has 0 radical (unpaired) electrons. The summed E-state index contributed by atoms with van der Waals surface area (Å²) >= 11 is 0. The highest BCUT2D eigenvalue weighted by atomic mass is 16.5. The second-order valence-corrected chi connectivity index (χ2v) is 4.98. The van der Waals surface area contributed by atoms with Crippen molar-refractivity contribution < 1.29 is 9.47 Å². The zero-order chi connectivity index (χ0) is 11.0. The molecule has 2 nitrogen and oxygen atoms in total. The lowest BCUT2D eigenvalue weighted by molar-refractivity contribution is 0.133. The van der Waals surface area contributed by atoms with E-state index in [1.54, 1.807) is 7.11 Å². The Labute approximate surface area is 96.6 Å². The summed E-state index contributed by atoms with van der Waals surface area (Å²) in [5.74, 6) is 3.47. The molecule has 2 heteroatoms. The molecule has 2 saturated carbocycles. The van der Waals surface area contributed by atoms with Crippen molar-refractivity contribution in [3.63, 3.8) is 0 Å². The Hall–Kier alpha value is -1.18. The number of fused-ring (bicyclic) bond motifs is 2. The molecule has 0 N–H and O–H groups in total. The van der Waals surface area contributed by atoms with Crippen LogP contribution in [0.15, 0.2) is 24.3 Å². The van der Waals surface area contributed by atoms with E-state index in [4.69, 9.17) is 9.47 Å². The summed E-state index contributed by atoms with van der Waals surface area (Å²) in [6, 6.07) is 7.95. The Bertz CT molecular complexity index is 375. The van der Waals surface area contributed by atoms with Gasteiger partial charge < -0.3 is 9.47 Å². The number of methoxy groups -OCH3 is 1. The van der Waals surface area contributed by atoms with Crippen molar-refractivity contribution >= 4 is 0 Å². The third-order valence-corrected chi connectivity index (χ3v) is 4.02. The van der Waals surface area contributed by atoms with Gasteiger partial charge in [-0.2, -0.15) is 0 Å². The van der Waals surface area contributed by atoms with Gasteiger partial charge in [0.2, 0.25) is 0 Å². The lowest BCUT2D eigenvalue weighted by atomic mass is 9.98. The van der Waals surface area contributed by atoms with E-state index in [0.717, 1.165) is 23.3 Å². The van der Waals surface area contributed by atoms with Gasteiger partial charge in [0.15, 0.2) is 11.5 Å². The quantitative estimate of drug-likeness (QED) is 0.775. The summed E-state index contributed by atoms with van der Waals surface area (Å²) in [6.45, 7) is 0. The molecule has 0 spiro atoms. The van der Waals surface area contributed by atoms with Gasteiger partial charge in [0.25, 0.3) is 0 Å². The molecule has 3 atom stereocenters. The van der Waals surface area contributed by atoms with Crippen molar-refractivity contribution in [2.45, 2.75) is 31.8 Å². The van der Waals surface area contributed by atoms with Crippen molar-refractivity contribution in [1.82, 2.24) is 0 Å². The van der Waals surface area contributed by atoms with E-state index in [2.05, 4.69) is 0 Å². The van der Waals surface area contributed by atoms with Gasteiger partial charge in [0, 0.05) is 0 Å².